The van der Waals surface area contributed by atoms with Crippen LogP contribution in [0.15, 0.2) is 17.2 Å². The molecule has 0 bridgehead atoms. The molecule has 0 amide bonds. The maximum atomic E-state index is 12.3. The lowest BCUT2D eigenvalue weighted by molar-refractivity contribution is 0.439. The van der Waals surface area contributed by atoms with Crippen LogP contribution in [0, 0.1) is 17.2 Å². The highest BCUT2D eigenvalue weighted by molar-refractivity contribution is 7.89. The first-order valence-corrected chi connectivity index (χ1v) is 7.90. The van der Waals surface area contributed by atoms with Crippen molar-refractivity contribution in [1.29, 1.82) is 5.26 Å². The third-order valence-corrected chi connectivity index (χ3v) is 4.70. The molecule has 110 valence electrons. The Morgan fingerprint density at radius 1 is 1.60 bits per heavy atom. The normalized spacial score (nSPS) is 13.0. The molecule has 1 aromatic rings. The topological polar surface area (TPSA) is 86.1 Å². The van der Waals surface area contributed by atoms with Crippen LogP contribution in [0.4, 0.5) is 5.82 Å². The molecule has 1 atom stereocenters. The molecule has 0 aliphatic heterocycles. The molecule has 1 aromatic heterocycles. The van der Waals surface area contributed by atoms with E-state index in [0.29, 0.717) is 12.4 Å². The summed E-state index contributed by atoms with van der Waals surface area (Å²) in [6.07, 6.45) is 1.26. The van der Waals surface area contributed by atoms with Crippen molar-refractivity contribution in [2.24, 2.45) is 5.92 Å². The Morgan fingerprint density at radius 3 is 2.75 bits per heavy atom. The summed E-state index contributed by atoms with van der Waals surface area (Å²) >= 11 is 5.99. The minimum atomic E-state index is -3.69. The van der Waals surface area contributed by atoms with E-state index in [-0.39, 0.29) is 22.4 Å². The molecule has 0 aromatic carbocycles. The number of halogens is 1. The van der Waals surface area contributed by atoms with Gasteiger partial charge in [0.25, 0.3) is 0 Å². The van der Waals surface area contributed by atoms with Gasteiger partial charge in [0.15, 0.2) is 0 Å². The van der Waals surface area contributed by atoms with Crippen LogP contribution in [-0.4, -0.2) is 37.8 Å². The second-order valence-corrected chi connectivity index (χ2v) is 6.80. The summed E-state index contributed by atoms with van der Waals surface area (Å²) in [6.45, 7) is 4.30. The second kappa shape index (κ2) is 6.88. The van der Waals surface area contributed by atoms with Crippen LogP contribution in [0.25, 0.3) is 0 Å². The van der Waals surface area contributed by atoms with Crippen molar-refractivity contribution in [2.75, 3.05) is 25.5 Å². The van der Waals surface area contributed by atoms with E-state index in [4.69, 9.17) is 16.9 Å². The summed E-state index contributed by atoms with van der Waals surface area (Å²) in [4.78, 5) is 4.01. The van der Waals surface area contributed by atoms with E-state index in [0.717, 1.165) is 4.31 Å². The van der Waals surface area contributed by atoms with Gasteiger partial charge in [0.2, 0.25) is 10.0 Å². The molecular formula is C12H17ClN4O2S. The molecule has 0 spiro atoms. The van der Waals surface area contributed by atoms with E-state index in [2.05, 4.69) is 10.3 Å². The summed E-state index contributed by atoms with van der Waals surface area (Å²) in [5, 5.41) is 11.9. The van der Waals surface area contributed by atoms with Crippen molar-refractivity contribution in [3.05, 3.63) is 17.3 Å². The van der Waals surface area contributed by atoms with Gasteiger partial charge in [-0.15, -0.1) is 0 Å². The first-order chi connectivity index (χ1) is 9.32. The molecular weight excluding hydrogens is 300 g/mol. The van der Waals surface area contributed by atoms with Crippen LogP contribution in [0.1, 0.15) is 13.8 Å². The molecule has 0 aliphatic carbocycles. The fourth-order valence-corrected chi connectivity index (χ4v) is 3.09. The van der Waals surface area contributed by atoms with Crippen LogP contribution >= 0.6 is 11.6 Å². The van der Waals surface area contributed by atoms with Gasteiger partial charge in [-0.1, -0.05) is 11.6 Å². The summed E-state index contributed by atoms with van der Waals surface area (Å²) in [5.41, 5.74) is 0. The number of hydrogen-bond donors (Lipinski definition) is 1. The third-order valence-electron chi connectivity index (χ3n) is 2.62. The van der Waals surface area contributed by atoms with Gasteiger partial charge in [-0.2, -0.15) is 9.57 Å². The zero-order chi connectivity index (χ0) is 15.3. The van der Waals surface area contributed by atoms with Crippen LogP contribution in [0.2, 0.25) is 5.02 Å². The average molecular weight is 317 g/mol. The standard InChI is InChI=1S/C12H17ClN4O2S/c1-4-15-12-11(13)5-10(7-16-12)20(18,19)17(3)8-9(2)6-14/h5,7,9H,4,8H2,1-3H3,(H,15,16). The zero-order valence-electron chi connectivity index (χ0n) is 11.6. The van der Waals surface area contributed by atoms with E-state index in [9.17, 15) is 8.42 Å². The van der Waals surface area contributed by atoms with Gasteiger partial charge in [0, 0.05) is 26.3 Å². The molecule has 6 nitrogen and oxygen atoms in total. The first-order valence-electron chi connectivity index (χ1n) is 6.08. The van der Waals surface area contributed by atoms with E-state index in [1.54, 1.807) is 6.92 Å². The molecule has 8 heteroatoms. The van der Waals surface area contributed by atoms with Crippen molar-refractivity contribution in [2.45, 2.75) is 18.7 Å². The summed E-state index contributed by atoms with van der Waals surface area (Å²) in [6, 6.07) is 3.36. The Hall–Kier alpha value is -1.36. The number of hydrogen-bond acceptors (Lipinski definition) is 5. The highest BCUT2D eigenvalue weighted by Gasteiger charge is 2.23. The number of sulfonamides is 1. The lowest BCUT2D eigenvalue weighted by Gasteiger charge is -2.18. The lowest BCUT2D eigenvalue weighted by Crippen LogP contribution is -2.30. The van der Waals surface area contributed by atoms with Gasteiger partial charge in [-0.05, 0) is 19.9 Å². The van der Waals surface area contributed by atoms with Gasteiger partial charge in [-0.3, -0.25) is 0 Å². The predicted octanol–water partition coefficient (Wildman–Crippen LogP) is 1.95. The Kier molecular flexibility index (Phi) is 5.74. The van der Waals surface area contributed by atoms with Crippen molar-refractivity contribution in [3.63, 3.8) is 0 Å². The largest absolute Gasteiger partial charge is 0.369 e. The van der Waals surface area contributed by atoms with Crippen molar-refractivity contribution in [1.82, 2.24) is 9.29 Å². The molecule has 1 heterocycles. The Morgan fingerprint density at radius 2 is 2.25 bits per heavy atom. The van der Waals surface area contributed by atoms with Gasteiger partial charge >= 0.3 is 0 Å². The first kappa shape index (κ1) is 16.7. The van der Waals surface area contributed by atoms with E-state index >= 15 is 0 Å². The number of nitrogens with zero attached hydrogens (tertiary/aromatic N) is 3. The molecule has 0 saturated carbocycles. The predicted molar refractivity (Wildman–Crippen MR) is 78.0 cm³/mol. The smallest absolute Gasteiger partial charge is 0.244 e. The van der Waals surface area contributed by atoms with Crippen LogP contribution in [0.3, 0.4) is 0 Å². The summed E-state index contributed by atoms with van der Waals surface area (Å²) < 4.78 is 25.7. The Labute approximate surface area is 124 Å². The molecule has 0 aliphatic rings. The number of rotatable bonds is 6. The average Bonchev–Trinajstić information content (AvgIpc) is 2.40. The van der Waals surface area contributed by atoms with Crippen LogP contribution in [0.5, 0.6) is 0 Å². The minimum Gasteiger partial charge on any atom is -0.369 e. The number of anilines is 1. The number of nitrogens with one attached hydrogen (secondary N) is 1. The molecule has 20 heavy (non-hydrogen) atoms. The minimum absolute atomic E-state index is 0.0109. The quantitative estimate of drug-likeness (QED) is 0.866. The maximum absolute atomic E-state index is 12.3. The fraction of sp³-hybridized carbons (Fsp3) is 0.500. The van der Waals surface area contributed by atoms with E-state index in [1.165, 1.54) is 19.3 Å². The summed E-state index contributed by atoms with van der Waals surface area (Å²) in [7, 11) is -2.26. The van der Waals surface area contributed by atoms with Crippen LogP contribution < -0.4 is 5.32 Å². The van der Waals surface area contributed by atoms with Crippen molar-refractivity contribution >= 4 is 27.4 Å². The monoisotopic (exact) mass is 316 g/mol. The third kappa shape index (κ3) is 3.82. The van der Waals surface area contributed by atoms with Gasteiger partial charge in [0.05, 0.1) is 17.0 Å². The molecule has 0 radical (unpaired) electrons. The molecule has 0 fully saturated rings. The van der Waals surface area contributed by atoms with Gasteiger partial charge < -0.3 is 5.32 Å². The Bertz CT molecular complexity index is 612. The number of nitriles is 1. The lowest BCUT2D eigenvalue weighted by atomic mass is 10.2. The van der Waals surface area contributed by atoms with Gasteiger partial charge in [0.1, 0.15) is 10.7 Å². The second-order valence-electron chi connectivity index (χ2n) is 4.35. The van der Waals surface area contributed by atoms with Crippen LogP contribution in [-0.2, 0) is 10.0 Å². The SMILES string of the molecule is CCNc1ncc(S(=O)(=O)N(C)CC(C)C#N)cc1Cl. The highest BCUT2D eigenvalue weighted by atomic mass is 35.5. The Balaban J connectivity index is 3.04. The van der Waals surface area contributed by atoms with E-state index < -0.39 is 10.0 Å². The van der Waals surface area contributed by atoms with Crippen molar-refractivity contribution in [3.8, 4) is 6.07 Å². The van der Waals surface area contributed by atoms with Crippen molar-refractivity contribution < 1.29 is 8.42 Å². The zero-order valence-corrected chi connectivity index (χ0v) is 13.2. The molecule has 1 N–H and O–H groups in total. The number of aromatic nitrogens is 1. The van der Waals surface area contributed by atoms with Gasteiger partial charge in [-0.25, -0.2) is 13.4 Å². The van der Waals surface area contributed by atoms with E-state index in [1.807, 2.05) is 13.0 Å². The molecule has 0 saturated heterocycles. The highest BCUT2D eigenvalue weighted by Crippen LogP contribution is 2.24. The summed E-state index contributed by atoms with van der Waals surface area (Å²) in [5.74, 6) is 0.0559. The molecule has 1 rings (SSSR count). The maximum Gasteiger partial charge on any atom is 0.244 e. The fourth-order valence-electron chi connectivity index (χ4n) is 1.56. The number of pyridine rings is 1. The molecule has 1 unspecified atom stereocenters.